The van der Waals surface area contributed by atoms with Gasteiger partial charge in [-0.05, 0) is 31.6 Å². The maximum atomic E-state index is 5.72. The van der Waals surface area contributed by atoms with Crippen LogP contribution in [0.5, 0.6) is 0 Å². The van der Waals surface area contributed by atoms with Crippen molar-refractivity contribution >= 4 is 22.8 Å². The highest BCUT2D eigenvalue weighted by Crippen LogP contribution is 2.23. The van der Waals surface area contributed by atoms with Crippen molar-refractivity contribution in [2.75, 3.05) is 38.2 Å². The summed E-state index contributed by atoms with van der Waals surface area (Å²) >= 11 is 0. The number of fused-ring (bicyclic) bond motifs is 1. The second kappa shape index (κ2) is 5.09. The van der Waals surface area contributed by atoms with E-state index in [2.05, 4.69) is 43.1 Å². The van der Waals surface area contributed by atoms with E-state index in [1.807, 2.05) is 12.1 Å². The number of nitrogen functional groups attached to an aromatic ring is 1. The lowest BCUT2D eigenvalue weighted by Gasteiger charge is -2.27. The van der Waals surface area contributed by atoms with Gasteiger partial charge < -0.3 is 20.4 Å². The number of benzene rings is 1. The molecule has 0 saturated carbocycles. The first-order valence-electron chi connectivity index (χ1n) is 6.40. The van der Waals surface area contributed by atoms with Gasteiger partial charge in [0.25, 0.3) is 6.01 Å². The van der Waals surface area contributed by atoms with Gasteiger partial charge in [-0.1, -0.05) is 13.8 Å². The van der Waals surface area contributed by atoms with Crippen LogP contribution in [0, 0.1) is 5.41 Å². The number of nitrogens with zero attached hydrogens (tertiary/aromatic N) is 2. The van der Waals surface area contributed by atoms with Crippen molar-refractivity contribution in [2.24, 2.45) is 5.41 Å². The molecule has 0 fully saturated rings. The first-order chi connectivity index (χ1) is 8.85. The maximum Gasteiger partial charge on any atom is 0.295 e. The molecule has 2 rings (SSSR count). The van der Waals surface area contributed by atoms with E-state index < -0.39 is 0 Å². The fraction of sp³-hybridized carbons (Fsp3) is 0.500. The normalized spacial score (nSPS) is 12.3. The topological polar surface area (TPSA) is 67.3 Å². The van der Waals surface area contributed by atoms with Gasteiger partial charge in [0.15, 0.2) is 5.58 Å². The third-order valence-electron chi connectivity index (χ3n) is 2.87. The highest BCUT2D eigenvalue weighted by molar-refractivity contribution is 5.78. The number of nitrogens with one attached hydrogen (secondary N) is 1. The minimum absolute atomic E-state index is 0.142. The predicted octanol–water partition coefficient (Wildman–Crippen LogP) is 2.41. The van der Waals surface area contributed by atoms with Crippen LogP contribution >= 0.6 is 0 Å². The average molecular weight is 262 g/mol. The third-order valence-corrected chi connectivity index (χ3v) is 2.87. The molecule has 0 spiro atoms. The van der Waals surface area contributed by atoms with Gasteiger partial charge in [-0.25, -0.2) is 0 Å². The Bertz CT molecular complexity index is 560. The molecule has 5 nitrogen and oxygen atoms in total. The summed E-state index contributed by atoms with van der Waals surface area (Å²) in [5.74, 6) is 0. The van der Waals surface area contributed by atoms with E-state index >= 15 is 0 Å². The van der Waals surface area contributed by atoms with E-state index in [1.54, 1.807) is 6.07 Å². The summed E-state index contributed by atoms with van der Waals surface area (Å²) in [7, 11) is 4.15. The molecule has 0 amide bonds. The number of rotatable bonds is 5. The summed E-state index contributed by atoms with van der Waals surface area (Å²) in [6, 6.07) is 6.03. The molecular formula is C14H22N4O. The van der Waals surface area contributed by atoms with Gasteiger partial charge >= 0.3 is 0 Å². The molecule has 1 aromatic heterocycles. The zero-order valence-corrected chi connectivity index (χ0v) is 12.0. The molecule has 0 aliphatic rings. The second-order valence-electron chi connectivity index (χ2n) is 6.00. The smallest absolute Gasteiger partial charge is 0.295 e. The number of nitrogens with two attached hydrogens (primary N) is 1. The maximum absolute atomic E-state index is 5.72. The fourth-order valence-corrected chi connectivity index (χ4v) is 2.24. The summed E-state index contributed by atoms with van der Waals surface area (Å²) in [4.78, 5) is 6.56. The summed E-state index contributed by atoms with van der Waals surface area (Å²) in [6.45, 7) is 6.21. The molecule has 0 unspecified atom stereocenters. The zero-order chi connectivity index (χ0) is 14.0. The highest BCUT2D eigenvalue weighted by atomic mass is 16.4. The Morgan fingerprint density at radius 3 is 2.79 bits per heavy atom. The molecule has 0 aliphatic heterocycles. The Kier molecular flexibility index (Phi) is 3.66. The minimum atomic E-state index is 0.142. The molecule has 1 aromatic carbocycles. The van der Waals surface area contributed by atoms with E-state index in [-0.39, 0.29) is 5.41 Å². The van der Waals surface area contributed by atoms with Crippen molar-refractivity contribution < 1.29 is 4.42 Å². The third kappa shape index (κ3) is 3.61. The standard InChI is InChI=1S/C14H22N4O/c1-14(2,9-18(3)4)8-16-13-17-11-6-5-10(15)7-12(11)19-13/h5-7H,8-9,15H2,1-4H3,(H,16,17). The lowest BCUT2D eigenvalue weighted by molar-refractivity contribution is 0.253. The molecule has 0 saturated heterocycles. The van der Waals surface area contributed by atoms with Crippen LogP contribution in [-0.4, -0.2) is 37.1 Å². The van der Waals surface area contributed by atoms with Gasteiger partial charge in [0, 0.05) is 24.8 Å². The van der Waals surface area contributed by atoms with Crippen molar-refractivity contribution in [3.8, 4) is 0 Å². The van der Waals surface area contributed by atoms with E-state index in [0.29, 0.717) is 17.3 Å². The van der Waals surface area contributed by atoms with Gasteiger partial charge in [-0.3, -0.25) is 0 Å². The van der Waals surface area contributed by atoms with Gasteiger partial charge in [0.2, 0.25) is 0 Å². The van der Waals surface area contributed by atoms with E-state index in [4.69, 9.17) is 10.2 Å². The summed E-state index contributed by atoms with van der Waals surface area (Å²) < 4.78 is 5.63. The SMILES string of the molecule is CN(C)CC(C)(C)CNc1nc2ccc(N)cc2o1. The van der Waals surface area contributed by atoms with Crippen LogP contribution in [0.3, 0.4) is 0 Å². The van der Waals surface area contributed by atoms with Crippen LogP contribution in [0.2, 0.25) is 0 Å². The molecule has 0 radical (unpaired) electrons. The van der Waals surface area contributed by atoms with Gasteiger partial charge in [0.1, 0.15) is 5.52 Å². The lowest BCUT2D eigenvalue weighted by atomic mass is 9.93. The average Bonchev–Trinajstić information content (AvgIpc) is 2.66. The molecule has 1 heterocycles. The molecule has 0 atom stereocenters. The van der Waals surface area contributed by atoms with Gasteiger partial charge in [0.05, 0.1) is 0 Å². The number of hydrogen-bond donors (Lipinski definition) is 2. The fourth-order valence-electron chi connectivity index (χ4n) is 2.24. The summed E-state index contributed by atoms with van der Waals surface area (Å²) in [6.07, 6.45) is 0. The first-order valence-corrected chi connectivity index (χ1v) is 6.40. The molecule has 5 heteroatoms. The Morgan fingerprint density at radius 1 is 1.37 bits per heavy atom. The van der Waals surface area contributed by atoms with Crippen LogP contribution in [0.25, 0.3) is 11.1 Å². The monoisotopic (exact) mass is 262 g/mol. The number of anilines is 2. The molecule has 0 aliphatic carbocycles. The van der Waals surface area contributed by atoms with Crippen molar-refractivity contribution in [2.45, 2.75) is 13.8 Å². The summed E-state index contributed by atoms with van der Waals surface area (Å²) in [5, 5.41) is 3.25. The Hall–Kier alpha value is -1.75. The highest BCUT2D eigenvalue weighted by Gasteiger charge is 2.19. The minimum Gasteiger partial charge on any atom is -0.423 e. The van der Waals surface area contributed by atoms with Crippen LogP contribution in [0.15, 0.2) is 22.6 Å². The molecule has 0 bridgehead atoms. The predicted molar refractivity (Wildman–Crippen MR) is 79.2 cm³/mol. The Morgan fingerprint density at radius 2 is 2.11 bits per heavy atom. The quantitative estimate of drug-likeness (QED) is 0.810. The second-order valence-corrected chi connectivity index (χ2v) is 6.00. The van der Waals surface area contributed by atoms with Crippen molar-refractivity contribution in [3.05, 3.63) is 18.2 Å². The Labute approximate surface area is 113 Å². The largest absolute Gasteiger partial charge is 0.423 e. The zero-order valence-electron chi connectivity index (χ0n) is 12.0. The van der Waals surface area contributed by atoms with E-state index in [9.17, 15) is 0 Å². The molecule has 3 N–H and O–H groups in total. The van der Waals surface area contributed by atoms with Gasteiger partial charge in [-0.15, -0.1) is 0 Å². The van der Waals surface area contributed by atoms with Crippen LogP contribution in [-0.2, 0) is 0 Å². The van der Waals surface area contributed by atoms with E-state index in [0.717, 1.165) is 18.6 Å². The van der Waals surface area contributed by atoms with Crippen LogP contribution < -0.4 is 11.1 Å². The van der Waals surface area contributed by atoms with Crippen molar-refractivity contribution in [3.63, 3.8) is 0 Å². The molecule has 19 heavy (non-hydrogen) atoms. The van der Waals surface area contributed by atoms with Crippen LogP contribution in [0.1, 0.15) is 13.8 Å². The Balaban J connectivity index is 2.05. The van der Waals surface area contributed by atoms with Crippen molar-refractivity contribution in [1.29, 1.82) is 0 Å². The number of oxazole rings is 1. The number of aromatic nitrogens is 1. The van der Waals surface area contributed by atoms with E-state index in [1.165, 1.54) is 0 Å². The van der Waals surface area contributed by atoms with Crippen molar-refractivity contribution in [1.82, 2.24) is 9.88 Å². The van der Waals surface area contributed by atoms with Gasteiger partial charge in [-0.2, -0.15) is 4.98 Å². The number of hydrogen-bond acceptors (Lipinski definition) is 5. The molecule has 2 aromatic rings. The first kappa shape index (κ1) is 13.7. The molecule has 104 valence electrons. The summed E-state index contributed by atoms with van der Waals surface area (Å²) in [5.41, 5.74) is 8.08. The molecular weight excluding hydrogens is 240 g/mol. The van der Waals surface area contributed by atoms with Crippen LogP contribution in [0.4, 0.5) is 11.7 Å². The lowest BCUT2D eigenvalue weighted by Crippen LogP contribution is -2.34.